The highest BCUT2D eigenvalue weighted by Crippen LogP contribution is 2.40. The van der Waals surface area contributed by atoms with Crippen molar-refractivity contribution >= 4 is 5.97 Å². The monoisotopic (exact) mass is 335 g/mol. The molecular formula is C21H21NO3. The topological polar surface area (TPSA) is 62.3 Å². The van der Waals surface area contributed by atoms with Gasteiger partial charge in [0.05, 0.1) is 18.1 Å². The molecule has 0 aliphatic carbocycles. The minimum absolute atomic E-state index is 0.235. The molecule has 3 aromatic rings. The normalized spacial score (nSPS) is 13.2. The number of aromatic hydroxyl groups is 1. The number of rotatable bonds is 4. The average molecular weight is 335 g/mol. The quantitative estimate of drug-likeness (QED) is 0.704. The molecule has 1 unspecified atom stereocenters. The number of hydrogen-bond donors (Lipinski definition) is 2. The second-order valence-corrected chi connectivity index (χ2v) is 6.28. The van der Waals surface area contributed by atoms with Gasteiger partial charge in [-0.1, -0.05) is 18.2 Å². The van der Waals surface area contributed by atoms with Crippen molar-refractivity contribution in [1.82, 2.24) is 4.98 Å². The number of aromatic amines is 1. The molecule has 4 heteroatoms. The van der Waals surface area contributed by atoms with Crippen LogP contribution >= 0.6 is 0 Å². The predicted molar refractivity (Wildman–Crippen MR) is 97.0 cm³/mol. The maximum atomic E-state index is 12.0. The molecule has 25 heavy (non-hydrogen) atoms. The average Bonchev–Trinajstić information content (AvgIpc) is 3.15. The van der Waals surface area contributed by atoms with E-state index in [0.29, 0.717) is 5.56 Å². The van der Waals surface area contributed by atoms with Gasteiger partial charge in [0, 0.05) is 11.9 Å². The summed E-state index contributed by atoms with van der Waals surface area (Å²) in [6.45, 7) is 4.08. The van der Waals surface area contributed by atoms with Crippen LogP contribution in [0.15, 0.2) is 60.8 Å². The molecule has 0 aliphatic rings. The summed E-state index contributed by atoms with van der Waals surface area (Å²) < 4.78 is 4.86. The van der Waals surface area contributed by atoms with Gasteiger partial charge >= 0.3 is 5.97 Å². The Morgan fingerprint density at radius 1 is 1.12 bits per heavy atom. The van der Waals surface area contributed by atoms with Crippen molar-refractivity contribution in [2.24, 2.45) is 0 Å². The van der Waals surface area contributed by atoms with Crippen LogP contribution in [-0.4, -0.2) is 23.2 Å². The lowest BCUT2D eigenvalue weighted by Crippen LogP contribution is -2.27. The summed E-state index contributed by atoms with van der Waals surface area (Å²) in [6, 6.07) is 16.8. The van der Waals surface area contributed by atoms with Gasteiger partial charge in [-0.25, -0.2) is 4.79 Å². The smallest absolute Gasteiger partial charge is 0.337 e. The van der Waals surface area contributed by atoms with Crippen LogP contribution in [0.2, 0.25) is 0 Å². The molecule has 128 valence electrons. The Balaban J connectivity index is 2.25. The number of carbonyl (C=O) groups is 1. The summed E-state index contributed by atoms with van der Waals surface area (Å²) in [4.78, 5) is 15.3. The summed E-state index contributed by atoms with van der Waals surface area (Å²) in [5.41, 5.74) is 3.99. The molecule has 0 saturated carbocycles. The number of esters is 1. The fourth-order valence-corrected chi connectivity index (χ4v) is 3.38. The van der Waals surface area contributed by atoms with Crippen molar-refractivity contribution < 1.29 is 14.6 Å². The second-order valence-electron chi connectivity index (χ2n) is 6.28. The van der Waals surface area contributed by atoms with Gasteiger partial charge in [-0.15, -0.1) is 0 Å². The molecule has 1 atom stereocenters. The Labute approximate surface area is 147 Å². The Bertz CT molecular complexity index is 899. The van der Waals surface area contributed by atoms with E-state index in [2.05, 4.69) is 11.9 Å². The number of ether oxygens (including phenoxy) is 1. The van der Waals surface area contributed by atoms with Crippen molar-refractivity contribution in [2.45, 2.75) is 19.3 Å². The fourth-order valence-electron chi connectivity index (χ4n) is 3.38. The third-order valence-corrected chi connectivity index (χ3v) is 4.75. The van der Waals surface area contributed by atoms with Crippen LogP contribution in [0.5, 0.6) is 5.75 Å². The molecule has 1 heterocycles. The Morgan fingerprint density at radius 2 is 1.92 bits per heavy atom. The van der Waals surface area contributed by atoms with E-state index in [4.69, 9.17) is 4.74 Å². The van der Waals surface area contributed by atoms with E-state index in [1.165, 1.54) is 7.11 Å². The van der Waals surface area contributed by atoms with Crippen molar-refractivity contribution in [3.8, 4) is 5.75 Å². The molecular weight excluding hydrogens is 314 g/mol. The van der Waals surface area contributed by atoms with E-state index in [-0.39, 0.29) is 11.7 Å². The van der Waals surface area contributed by atoms with Gasteiger partial charge in [-0.3, -0.25) is 0 Å². The van der Waals surface area contributed by atoms with Gasteiger partial charge in [0.2, 0.25) is 0 Å². The zero-order valence-corrected chi connectivity index (χ0v) is 14.5. The van der Waals surface area contributed by atoms with Crippen LogP contribution in [0.4, 0.5) is 0 Å². The number of aryl methyl sites for hydroxylation is 1. The van der Waals surface area contributed by atoms with Crippen molar-refractivity contribution in [1.29, 1.82) is 0 Å². The van der Waals surface area contributed by atoms with E-state index < -0.39 is 5.41 Å². The molecule has 4 nitrogen and oxygen atoms in total. The van der Waals surface area contributed by atoms with Gasteiger partial charge in [0.25, 0.3) is 0 Å². The van der Waals surface area contributed by atoms with E-state index in [9.17, 15) is 9.90 Å². The first-order valence-electron chi connectivity index (χ1n) is 8.09. The molecule has 0 aliphatic heterocycles. The number of aromatic nitrogens is 1. The number of methoxy groups -OCH3 is 1. The molecule has 2 aromatic carbocycles. The number of H-pyrrole nitrogens is 1. The molecule has 0 spiro atoms. The molecule has 3 rings (SSSR count). The van der Waals surface area contributed by atoms with Crippen LogP contribution in [0.1, 0.15) is 39.7 Å². The minimum atomic E-state index is -0.509. The first-order chi connectivity index (χ1) is 12.0. The number of phenols is 1. The molecule has 0 fully saturated rings. The lowest BCUT2D eigenvalue weighted by atomic mass is 9.72. The summed E-state index contributed by atoms with van der Waals surface area (Å²) in [6.07, 6.45) is 1.88. The van der Waals surface area contributed by atoms with Gasteiger partial charge < -0.3 is 14.8 Å². The van der Waals surface area contributed by atoms with Gasteiger partial charge in [0.1, 0.15) is 5.75 Å². The summed E-state index contributed by atoms with van der Waals surface area (Å²) in [7, 11) is 1.38. The zero-order valence-electron chi connectivity index (χ0n) is 14.5. The standard InChI is InChI=1S/C21H21NO3/c1-14-12-17(23)9-10-18(14)21(2,19-8-5-11-22-19)16-7-4-6-15(13-16)20(24)25-3/h4-13,22-23H,1-3H3. The lowest BCUT2D eigenvalue weighted by molar-refractivity contribution is 0.0600. The van der Waals surface area contributed by atoms with Crippen LogP contribution in [0.25, 0.3) is 0 Å². The van der Waals surface area contributed by atoms with Crippen molar-refractivity contribution in [3.05, 3.63) is 88.7 Å². The highest BCUT2D eigenvalue weighted by atomic mass is 16.5. The van der Waals surface area contributed by atoms with Crippen molar-refractivity contribution in [2.75, 3.05) is 7.11 Å². The van der Waals surface area contributed by atoms with Crippen LogP contribution in [0, 0.1) is 6.92 Å². The van der Waals surface area contributed by atoms with Gasteiger partial charge in [0.15, 0.2) is 0 Å². The molecule has 0 saturated heterocycles. The molecule has 1 aromatic heterocycles. The van der Waals surface area contributed by atoms with E-state index in [1.807, 2.05) is 49.5 Å². The highest BCUT2D eigenvalue weighted by molar-refractivity contribution is 5.89. The summed E-state index contributed by atoms with van der Waals surface area (Å²) >= 11 is 0. The Morgan fingerprint density at radius 3 is 2.56 bits per heavy atom. The van der Waals surface area contributed by atoms with E-state index >= 15 is 0 Å². The molecule has 0 bridgehead atoms. The van der Waals surface area contributed by atoms with Crippen LogP contribution in [0.3, 0.4) is 0 Å². The van der Waals surface area contributed by atoms with E-state index in [1.54, 1.807) is 18.2 Å². The third-order valence-electron chi connectivity index (χ3n) is 4.75. The molecule has 0 amide bonds. The van der Waals surface area contributed by atoms with Crippen molar-refractivity contribution in [3.63, 3.8) is 0 Å². The van der Waals surface area contributed by atoms with Crippen LogP contribution in [-0.2, 0) is 10.2 Å². The maximum Gasteiger partial charge on any atom is 0.337 e. The molecule has 0 radical (unpaired) electrons. The first kappa shape index (κ1) is 16.8. The Hall–Kier alpha value is -3.01. The number of carbonyl (C=O) groups excluding carboxylic acids is 1. The lowest BCUT2D eigenvalue weighted by Gasteiger charge is -2.32. The maximum absolute atomic E-state index is 12.0. The van der Waals surface area contributed by atoms with Crippen LogP contribution < -0.4 is 0 Å². The summed E-state index contributed by atoms with van der Waals surface area (Å²) in [5, 5.41) is 9.78. The second kappa shape index (κ2) is 6.48. The molecule has 2 N–H and O–H groups in total. The SMILES string of the molecule is COC(=O)c1cccc(C(C)(c2ccc[nH]2)c2ccc(O)cc2C)c1. The van der Waals surface area contributed by atoms with Gasteiger partial charge in [-0.05, 0) is 66.9 Å². The number of phenolic OH excluding ortho intramolecular Hbond substituents is 1. The highest BCUT2D eigenvalue weighted by Gasteiger charge is 2.34. The number of hydrogen-bond acceptors (Lipinski definition) is 3. The largest absolute Gasteiger partial charge is 0.508 e. The van der Waals surface area contributed by atoms with E-state index in [0.717, 1.165) is 22.4 Å². The Kier molecular flexibility index (Phi) is 4.36. The third kappa shape index (κ3) is 2.91. The summed E-state index contributed by atoms with van der Waals surface area (Å²) in [5.74, 6) is -0.128. The first-order valence-corrected chi connectivity index (χ1v) is 8.09. The number of benzene rings is 2. The zero-order chi connectivity index (χ0) is 18.0. The minimum Gasteiger partial charge on any atom is -0.508 e. The van der Waals surface area contributed by atoms with Gasteiger partial charge in [-0.2, -0.15) is 0 Å². The number of nitrogens with one attached hydrogen (secondary N) is 1. The predicted octanol–water partition coefficient (Wildman–Crippen LogP) is 4.17. The fraction of sp³-hybridized carbons (Fsp3) is 0.190.